The highest BCUT2D eigenvalue weighted by molar-refractivity contribution is 5.79. The molecule has 0 aliphatic carbocycles. The van der Waals surface area contributed by atoms with E-state index in [0.717, 1.165) is 50.9 Å². The largest absolute Gasteiger partial charge is 0.443 e. The maximum atomic E-state index is 5.89. The van der Waals surface area contributed by atoms with Gasteiger partial charge in [0.25, 0.3) is 0 Å². The molecule has 30 heavy (non-hydrogen) atoms. The Bertz CT molecular complexity index is 845. The Morgan fingerprint density at radius 3 is 2.53 bits per heavy atom. The number of guanidine groups is 1. The predicted octanol–water partition coefficient (Wildman–Crippen LogP) is 4.08. The Morgan fingerprint density at radius 1 is 1.17 bits per heavy atom. The van der Waals surface area contributed by atoms with E-state index in [2.05, 4.69) is 74.5 Å². The molecule has 0 amide bonds. The summed E-state index contributed by atoms with van der Waals surface area (Å²) in [6.07, 6.45) is 3.80. The molecule has 0 spiro atoms. The average Bonchev–Trinajstić information content (AvgIpc) is 3.21. The second-order valence-corrected chi connectivity index (χ2v) is 9.12. The Balaban J connectivity index is 1.74. The Kier molecular flexibility index (Phi) is 7.19. The molecule has 1 aliphatic rings. The fourth-order valence-electron chi connectivity index (χ4n) is 3.94. The summed E-state index contributed by atoms with van der Waals surface area (Å²) in [5.41, 5.74) is 2.72. The number of nitrogens with one attached hydrogen (secondary N) is 2. The molecule has 0 saturated carbocycles. The summed E-state index contributed by atoms with van der Waals surface area (Å²) in [6, 6.07) is 8.69. The van der Waals surface area contributed by atoms with Gasteiger partial charge in [0.05, 0.1) is 6.20 Å². The van der Waals surface area contributed by atoms with Crippen molar-refractivity contribution in [2.24, 2.45) is 4.99 Å². The quantitative estimate of drug-likeness (QED) is 0.552. The lowest BCUT2D eigenvalue weighted by molar-refractivity contribution is 0.0512. The molecule has 1 aromatic carbocycles. The van der Waals surface area contributed by atoms with Gasteiger partial charge in [-0.3, -0.25) is 0 Å². The van der Waals surface area contributed by atoms with Gasteiger partial charge in [-0.1, -0.05) is 45.0 Å². The molecule has 0 bridgehead atoms. The molecule has 2 heterocycles. The van der Waals surface area contributed by atoms with Crippen LogP contribution in [0.15, 0.2) is 39.9 Å². The van der Waals surface area contributed by atoms with E-state index in [0.29, 0.717) is 12.4 Å². The molecule has 6 heteroatoms. The van der Waals surface area contributed by atoms with Gasteiger partial charge in [0, 0.05) is 37.1 Å². The summed E-state index contributed by atoms with van der Waals surface area (Å²) in [7, 11) is 0. The molecule has 0 unspecified atom stereocenters. The standard InChI is InChI=1S/C24H36N4O2/c1-6-25-22(27-16-21-26-15-20(30-21)23(3,4)5)28-17-24(11-13-29-14-12-24)19-10-8-7-9-18(19)2/h7-10,15H,6,11-14,16-17H2,1-5H3,(H2,25,27,28). The SMILES string of the molecule is CCNC(=NCc1ncc(C(C)(C)C)o1)NCC1(c2ccccc2C)CCOCC1. The fraction of sp³-hybridized carbons (Fsp3) is 0.583. The molecule has 2 aromatic rings. The topological polar surface area (TPSA) is 71.7 Å². The summed E-state index contributed by atoms with van der Waals surface area (Å²) in [5.74, 6) is 2.30. The zero-order chi connectivity index (χ0) is 21.6. The smallest absolute Gasteiger partial charge is 0.216 e. The van der Waals surface area contributed by atoms with Crippen LogP contribution in [0.4, 0.5) is 0 Å². The van der Waals surface area contributed by atoms with Crippen LogP contribution in [0.1, 0.15) is 63.3 Å². The molecule has 0 radical (unpaired) electrons. The second kappa shape index (κ2) is 9.65. The van der Waals surface area contributed by atoms with Crippen molar-refractivity contribution in [3.8, 4) is 0 Å². The van der Waals surface area contributed by atoms with E-state index in [1.807, 2.05) is 0 Å². The van der Waals surface area contributed by atoms with Crippen molar-refractivity contribution in [2.45, 2.75) is 64.8 Å². The fourth-order valence-corrected chi connectivity index (χ4v) is 3.94. The van der Waals surface area contributed by atoms with Gasteiger partial charge in [-0.25, -0.2) is 9.98 Å². The van der Waals surface area contributed by atoms with E-state index in [9.17, 15) is 0 Å². The van der Waals surface area contributed by atoms with Crippen LogP contribution >= 0.6 is 0 Å². The normalized spacial score (nSPS) is 17.0. The molecule has 6 nitrogen and oxygen atoms in total. The van der Waals surface area contributed by atoms with Crippen molar-refractivity contribution >= 4 is 5.96 Å². The lowest BCUT2D eigenvalue weighted by atomic mass is 9.72. The van der Waals surface area contributed by atoms with Gasteiger partial charge in [-0.05, 0) is 37.8 Å². The zero-order valence-corrected chi connectivity index (χ0v) is 19.0. The number of oxazole rings is 1. The third-order valence-electron chi connectivity index (χ3n) is 5.77. The summed E-state index contributed by atoms with van der Waals surface area (Å²) in [5, 5.41) is 6.93. The van der Waals surface area contributed by atoms with Gasteiger partial charge in [0.15, 0.2) is 5.96 Å². The third kappa shape index (κ3) is 5.42. The van der Waals surface area contributed by atoms with Gasteiger partial charge < -0.3 is 19.8 Å². The first-order valence-corrected chi connectivity index (χ1v) is 11.0. The highest BCUT2D eigenvalue weighted by atomic mass is 16.5. The zero-order valence-electron chi connectivity index (χ0n) is 19.0. The molecule has 1 saturated heterocycles. The number of aliphatic imine (C=N–C) groups is 1. The number of nitrogens with zero attached hydrogens (tertiary/aromatic N) is 2. The molecule has 0 atom stereocenters. The van der Waals surface area contributed by atoms with Gasteiger partial charge in [0.2, 0.25) is 5.89 Å². The van der Waals surface area contributed by atoms with Crippen LogP contribution in [-0.4, -0.2) is 37.2 Å². The van der Waals surface area contributed by atoms with Gasteiger partial charge in [0.1, 0.15) is 12.3 Å². The number of benzene rings is 1. The van der Waals surface area contributed by atoms with Gasteiger partial charge >= 0.3 is 0 Å². The Labute approximate surface area is 180 Å². The van der Waals surface area contributed by atoms with Crippen LogP contribution in [0, 0.1) is 6.92 Å². The van der Waals surface area contributed by atoms with Crippen molar-refractivity contribution < 1.29 is 9.15 Å². The second-order valence-electron chi connectivity index (χ2n) is 9.12. The molecule has 1 aromatic heterocycles. The summed E-state index contributed by atoms with van der Waals surface area (Å²) in [4.78, 5) is 9.11. The number of ether oxygens (including phenoxy) is 1. The molecule has 1 aliphatic heterocycles. The van der Waals surface area contributed by atoms with E-state index in [1.54, 1.807) is 6.20 Å². The lowest BCUT2D eigenvalue weighted by Crippen LogP contribution is -2.48. The van der Waals surface area contributed by atoms with E-state index in [-0.39, 0.29) is 10.8 Å². The van der Waals surface area contributed by atoms with E-state index in [4.69, 9.17) is 14.1 Å². The van der Waals surface area contributed by atoms with Gasteiger partial charge in [-0.2, -0.15) is 0 Å². The summed E-state index contributed by atoms with van der Waals surface area (Å²) < 4.78 is 11.6. The lowest BCUT2D eigenvalue weighted by Gasteiger charge is -2.39. The van der Waals surface area contributed by atoms with Crippen LogP contribution in [0.5, 0.6) is 0 Å². The minimum Gasteiger partial charge on any atom is -0.443 e. The summed E-state index contributed by atoms with van der Waals surface area (Å²) in [6.45, 7) is 14.2. The van der Waals surface area contributed by atoms with E-state index in [1.165, 1.54) is 11.1 Å². The van der Waals surface area contributed by atoms with Crippen LogP contribution in [0.2, 0.25) is 0 Å². The predicted molar refractivity (Wildman–Crippen MR) is 121 cm³/mol. The van der Waals surface area contributed by atoms with Crippen molar-refractivity contribution in [3.05, 3.63) is 53.2 Å². The maximum Gasteiger partial charge on any atom is 0.216 e. The average molecular weight is 413 g/mol. The summed E-state index contributed by atoms with van der Waals surface area (Å²) >= 11 is 0. The van der Waals surface area contributed by atoms with Crippen molar-refractivity contribution in [3.63, 3.8) is 0 Å². The monoisotopic (exact) mass is 412 g/mol. The highest BCUT2D eigenvalue weighted by Gasteiger charge is 2.35. The van der Waals surface area contributed by atoms with Crippen molar-refractivity contribution in [2.75, 3.05) is 26.3 Å². The molecule has 1 fully saturated rings. The first-order valence-electron chi connectivity index (χ1n) is 11.0. The molecular formula is C24H36N4O2. The molecule has 2 N–H and O–H groups in total. The van der Waals surface area contributed by atoms with Crippen LogP contribution in [0.3, 0.4) is 0 Å². The van der Waals surface area contributed by atoms with E-state index < -0.39 is 0 Å². The number of hydrogen-bond donors (Lipinski definition) is 2. The maximum absolute atomic E-state index is 5.89. The number of rotatable bonds is 6. The Morgan fingerprint density at radius 2 is 1.90 bits per heavy atom. The minimum absolute atomic E-state index is 0.0438. The van der Waals surface area contributed by atoms with Crippen molar-refractivity contribution in [1.82, 2.24) is 15.6 Å². The van der Waals surface area contributed by atoms with Gasteiger partial charge in [-0.15, -0.1) is 0 Å². The number of aryl methyl sites for hydroxylation is 1. The molecule has 164 valence electrons. The number of aromatic nitrogens is 1. The molecular weight excluding hydrogens is 376 g/mol. The highest BCUT2D eigenvalue weighted by Crippen LogP contribution is 2.36. The van der Waals surface area contributed by atoms with Crippen LogP contribution in [0.25, 0.3) is 0 Å². The third-order valence-corrected chi connectivity index (χ3v) is 5.77. The van der Waals surface area contributed by atoms with Crippen LogP contribution < -0.4 is 10.6 Å². The molecule has 3 rings (SSSR count). The number of hydrogen-bond acceptors (Lipinski definition) is 4. The minimum atomic E-state index is -0.0549. The Hall–Kier alpha value is -2.34. The van der Waals surface area contributed by atoms with E-state index >= 15 is 0 Å². The van der Waals surface area contributed by atoms with Crippen LogP contribution in [-0.2, 0) is 22.1 Å². The first-order chi connectivity index (χ1) is 14.3. The first kappa shape index (κ1) is 22.3. The van der Waals surface area contributed by atoms with Crippen molar-refractivity contribution in [1.29, 1.82) is 0 Å².